The molecule has 5 atom stereocenters. The molecule has 2 unspecified atom stereocenters. The topological polar surface area (TPSA) is 173 Å². The monoisotopic (exact) mass is 552 g/mol. The third-order valence-corrected chi connectivity index (χ3v) is 7.32. The highest BCUT2D eigenvalue weighted by molar-refractivity contribution is 7.80. The second kappa shape index (κ2) is 11.3. The molecule has 0 radical (unpaired) electrons. The van der Waals surface area contributed by atoms with Crippen molar-refractivity contribution >= 4 is 43.5 Å². The van der Waals surface area contributed by atoms with Crippen LogP contribution in [0.1, 0.15) is 33.4 Å². The Bertz CT molecular complexity index is 1290. The predicted molar refractivity (Wildman–Crippen MR) is 136 cm³/mol. The third kappa shape index (κ3) is 6.58. The van der Waals surface area contributed by atoms with Gasteiger partial charge in [-0.25, -0.2) is 14.5 Å². The molecule has 2 aromatic heterocycles. The summed E-state index contributed by atoms with van der Waals surface area (Å²) in [5.41, 5.74) is 6.57. The maximum atomic E-state index is 13.7. The van der Waals surface area contributed by atoms with E-state index in [9.17, 15) is 14.5 Å². The lowest BCUT2D eigenvalue weighted by Crippen LogP contribution is -2.37. The Labute approximate surface area is 218 Å². The first-order valence-corrected chi connectivity index (χ1v) is 13.5. The second-order valence-electron chi connectivity index (χ2n) is 8.70. The van der Waals surface area contributed by atoms with E-state index in [0.29, 0.717) is 16.2 Å². The summed E-state index contributed by atoms with van der Waals surface area (Å²) in [6.45, 7) is 4.59. The van der Waals surface area contributed by atoms with Crippen molar-refractivity contribution in [2.75, 3.05) is 12.3 Å². The van der Waals surface area contributed by atoms with Crippen LogP contribution in [-0.4, -0.2) is 61.6 Å². The summed E-state index contributed by atoms with van der Waals surface area (Å²) in [5, 5.41) is 13.6. The minimum absolute atomic E-state index is 0.0212. The summed E-state index contributed by atoms with van der Waals surface area (Å²) in [7, 11) is -4.11. The molecule has 3 heterocycles. The Morgan fingerprint density at radius 2 is 2.05 bits per heavy atom. The van der Waals surface area contributed by atoms with Crippen LogP contribution < -0.4 is 15.3 Å². The average Bonchev–Trinajstić information content (AvgIpc) is 3.41. The van der Waals surface area contributed by atoms with Crippen LogP contribution in [0.2, 0.25) is 0 Å². The number of rotatable bonds is 10. The Morgan fingerprint density at radius 1 is 1.32 bits per heavy atom. The van der Waals surface area contributed by atoms with Crippen molar-refractivity contribution in [3.8, 4) is 5.75 Å². The number of imidazole rings is 1. The summed E-state index contributed by atoms with van der Waals surface area (Å²) >= 11 is 4.27. The van der Waals surface area contributed by atoms with Gasteiger partial charge in [-0.05, 0) is 32.9 Å². The molecule has 0 saturated carbocycles. The first-order chi connectivity index (χ1) is 17.5. The molecule has 0 bridgehead atoms. The quantitative estimate of drug-likeness (QED) is 0.125. The molecule has 3 aromatic rings. The number of carbonyl (C=O) groups is 1. The number of nitrogens with two attached hydrogens (primary N) is 1. The van der Waals surface area contributed by atoms with Gasteiger partial charge in [-0.1, -0.05) is 18.2 Å². The van der Waals surface area contributed by atoms with Gasteiger partial charge in [0.15, 0.2) is 5.65 Å². The number of nitrogens with zero attached hydrogens (tertiary/aromatic N) is 4. The van der Waals surface area contributed by atoms with Crippen molar-refractivity contribution in [3.05, 3.63) is 36.7 Å². The molecule has 1 aromatic carbocycles. The lowest BCUT2D eigenvalue weighted by molar-refractivity contribution is -0.149. The Morgan fingerprint density at radius 3 is 2.76 bits per heavy atom. The molecule has 0 aliphatic carbocycles. The number of anilines is 1. The molecule has 4 N–H and O–H groups in total. The van der Waals surface area contributed by atoms with Gasteiger partial charge in [0.25, 0.3) is 0 Å². The number of nitrogen functional groups attached to an aromatic ring is 1. The maximum absolute atomic E-state index is 13.7. The van der Waals surface area contributed by atoms with E-state index in [1.54, 1.807) is 48.7 Å². The van der Waals surface area contributed by atoms with Crippen LogP contribution in [0.4, 0.5) is 5.95 Å². The smallest absolute Gasteiger partial charge is 0.459 e. The van der Waals surface area contributed by atoms with Gasteiger partial charge in [0, 0.05) is 6.42 Å². The van der Waals surface area contributed by atoms with Crippen molar-refractivity contribution in [2.45, 2.75) is 62.8 Å². The number of esters is 1. The van der Waals surface area contributed by atoms with Crippen LogP contribution in [0, 0.1) is 0 Å². The van der Waals surface area contributed by atoms with Gasteiger partial charge in [0.1, 0.15) is 34.7 Å². The van der Waals surface area contributed by atoms with Crippen LogP contribution in [0.25, 0.3) is 11.2 Å². The fourth-order valence-corrected chi connectivity index (χ4v) is 5.43. The summed E-state index contributed by atoms with van der Waals surface area (Å²) < 4.78 is 37.7. The maximum Gasteiger partial charge on any atom is 0.459 e. The van der Waals surface area contributed by atoms with E-state index >= 15 is 0 Å². The fourth-order valence-electron chi connectivity index (χ4n) is 3.67. The molecule has 37 heavy (non-hydrogen) atoms. The number of fused-ring (bicyclic) bond motifs is 1. The molecule has 1 aliphatic rings. The highest BCUT2D eigenvalue weighted by atomic mass is 32.1. The normalized spacial score (nSPS) is 22.2. The number of carbonyl (C=O) groups excluding carboxylic acids is 1. The number of aliphatic hydroxyl groups is 1. The van der Waals surface area contributed by atoms with Crippen LogP contribution in [0.15, 0.2) is 41.7 Å². The van der Waals surface area contributed by atoms with E-state index in [2.05, 4.69) is 32.7 Å². The van der Waals surface area contributed by atoms with E-state index in [-0.39, 0.29) is 30.8 Å². The summed E-state index contributed by atoms with van der Waals surface area (Å²) in [6.07, 6.45) is -1.18. The molecule has 1 saturated heterocycles. The number of para-hydroxylation sites is 1. The van der Waals surface area contributed by atoms with E-state index in [4.69, 9.17) is 24.3 Å². The number of aliphatic hydroxyl groups excluding tert-OH is 1. The molecular formula is C22H29N6O7PS. The Balaban J connectivity index is 1.48. The number of hydrogen-bond acceptors (Lipinski definition) is 12. The second-order valence-corrected chi connectivity index (χ2v) is 10.8. The molecular weight excluding hydrogens is 523 g/mol. The van der Waals surface area contributed by atoms with Crippen molar-refractivity contribution in [1.82, 2.24) is 24.6 Å². The number of benzene rings is 1. The molecule has 0 amide bonds. The molecule has 0 spiro atoms. The average molecular weight is 553 g/mol. The number of hydrogen-bond donors (Lipinski definition) is 4. The SMILES string of the molecule is CC(C)OC(=O)[C@H](C)NP(=O)(OCC1O[C@@H](n2cnc3c(S)nc(N)nc32)C[C@@H]1O)Oc1ccccc1. The minimum atomic E-state index is -4.11. The summed E-state index contributed by atoms with van der Waals surface area (Å²) in [4.78, 5) is 24.7. The first-order valence-electron chi connectivity index (χ1n) is 11.5. The number of nitrogens with one attached hydrogen (secondary N) is 1. The molecule has 1 aliphatic heterocycles. The number of aromatic nitrogens is 4. The van der Waals surface area contributed by atoms with Gasteiger partial charge >= 0.3 is 13.7 Å². The van der Waals surface area contributed by atoms with Gasteiger partial charge in [-0.2, -0.15) is 10.1 Å². The highest BCUT2D eigenvalue weighted by Crippen LogP contribution is 2.46. The van der Waals surface area contributed by atoms with E-state index < -0.39 is 38.2 Å². The number of ether oxygens (including phenoxy) is 2. The zero-order valence-electron chi connectivity index (χ0n) is 20.4. The molecule has 15 heteroatoms. The van der Waals surface area contributed by atoms with Crippen LogP contribution in [0.5, 0.6) is 5.75 Å². The van der Waals surface area contributed by atoms with Gasteiger partial charge in [-0.3, -0.25) is 13.9 Å². The van der Waals surface area contributed by atoms with Crippen LogP contribution in [0.3, 0.4) is 0 Å². The van der Waals surface area contributed by atoms with E-state index in [1.807, 2.05) is 0 Å². The van der Waals surface area contributed by atoms with Gasteiger partial charge in [0.05, 0.1) is 25.1 Å². The molecule has 13 nitrogen and oxygen atoms in total. The van der Waals surface area contributed by atoms with Crippen molar-refractivity contribution < 1.29 is 33.0 Å². The third-order valence-electron chi connectivity index (χ3n) is 5.37. The highest BCUT2D eigenvalue weighted by Gasteiger charge is 2.40. The Hall–Kier alpha value is -2.74. The van der Waals surface area contributed by atoms with Gasteiger partial charge < -0.3 is 24.8 Å². The number of thiol groups is 1. The first kappa shape index (κ1) is 27.3. The summed E-state index contributed by atoms with van der Waals surface area (Å²) in [6, 6.07) is 7.36. The molecule has 1 fully saturated rings. The summed E-state index contributed by atoms with van der Waals surface area (Å²) in [5.74, 6) is -0.337. The van der Waals surface area contributed by atoms with Crippen molar-refractivity contribution in [3.63, 3.8) is 0 Å². The zero-order valence-corrected chi connectivity index (χ0v) is 22.2. The van der Waals surface area contributed by atoms with Gasteiger partial charge in [0.2, 0.25) is 5.95 Å². The predicted octanol–water partition coefficient (Wildman–Crippen LogP) is 2.48. The van der Waals surface area contributed by atoms with Crippen LogP contribution >= 0.6 is 20.4 Å². The fraction of sp³-hybridized carbons (Fsp3) is 0.455. The largest absolute Gasteiger partial charge is 0.462 e. The molecule has 4 rings (SSSR count). The van der Waals surface area contributed by atoms with Crippen LogP contribution in [-0.2, 0) is 23.4 Å². The van der Waals surface area contributed by atoms with E-state index in [1.165, 1.54) is 13.3 Å². The van der Waals surface area contributed by atoms with Gasteiger partial charge in [-0.15, -0.1) is 12.6 Å². The van der Waals surface area contributed by atoms with Crippen molar-refractivity contribution in [1.29, 1.82) is 0 Å². The molecule has 200 valence electrons. The van der Waals surface area contributed by atoms with E-state index in [0.717, 1.165) is 0 Å². The standard InChI is InChI=1S/C22H29N6O7PS/c1-12(2)33-21(30)13(3)27-36(31,35-14-7-5-4-6-8-14)32-10-16-15(29)9-17(34-16)28-11-24-18-19(28)25-22(23)26-20(18)37/h4-8,11-13,15-17,29H,9-10H2,1-3H3,(H,27,31)(H3,23,25,26,37)/t13-,15-,16?,17+,36?/m0/s1. The lowest BCUT2D eigenvalue weighted by atomic mass is 10.2. The lowest BCUT2D eigenvalue weighted by Gasteiger charge is -2.25. The zero-order chi connectivity index (χ0) is 26.7. The van der Waals surface area contributed by atoms with Crippen molar-refractivity contribution in [2.24, 2.45) is 0 Å². The Kier molecular flexibility index (Phi) is 8.36. The minimum Gasteiger partial charge on any atom is -0.462 e.